The first-order valence-corrected chi connectivity index (χ1v) is 11.4. The third-order valence-corrected chi connectivity index (χ3v) is 6.47. The Morgan fingerprint density at radius 3 is 2.50 bits per heavy atom. The maximum atomic E-state index is 13.2. The molecule has 5 rings (SSSR count). The SMILES string of the molecule is NC1(c2ccc(NC(=O)C[C@H]3NCCN(c4cccc(N5CCOC5=O)c4)C3=O)cc2)C=CC1. The van der Waals surface area contributed by atoms with Crippen molar-refractivity contribution in [1.82, 2.24) is 5.32 Å². The van der Waals surface area contributed by atoms with E-state index in [9.17, 15) is 14.4 Å². The molecule has 2 aromatic rings. The molecule has 2 heterocycles. The molecule has 9 nitrogen and oxygen atoms in total. The van der Waals surface area contributed by atoms with Gasteiger partial charge in [0.25, 0.3) is 0 Å². The van der Waals surface area contributed by atoms with E-state index in [2.05, 4.69) is 10.6 Å². The van der Waals surface area contributed by atoms with Gasteiger partial charge in [-0.3, -0.25) is 14.5 Å². The molecule has 0 saturated carbocycles. The molecule has 0 radical (unpaired) electrons. The van der Waals surface area contributed by atoms with Crippen LogP contribution in [-0.4, -0.2) is 50.2 Å². The zero-order chi connectivity index (χ0) is 23.7. The number of hydrogen-bond acceptors (Lipinski definition) is 6. The van der Waals surface area contributed by atoms with Gasteiger partial charge in [0.15, 0.2) is 0 Å². The topological polar surface area (TPSA) is 117 Å². The lowest BCUT2D eigenvalue weighted by atomic mass is 9.80. The zero-order valence-corrected chi connectivity index (χ0v) is 18.7. The number of piperazine rings is 1. The van der Waals surface area contributed by atoms with Crippen LogP contribution in [0.4, 0.5) is 21.9 Å². The van der Waals surface area contributed by atoms with Crippen LogP contribution in [0.5, 0.6) is 0 Å². The highest BCUT2D eigenvalue weighted by Gasteiger charge is 2.32. The highest BCUT2D eigenvalue weighted by Crippen LogP contribution is 2.32. The van der Waals surface area contributed by atoms with Crippen LogP contribution >= 0.6 is 0 Å². The Labute approximate surface area is 197 Å². The Balaban J connectivity index is 1.22. The van der Waals surface area contributed by atoms with Crippen LogP contribution in [0.2, 0.25) is 0 Å². The number of ether oxygens (including phenoxy) is 1. The van der Waals surface area contributed by atoms with Gasteiger partial charge in [0.05, 0.1) is 24.5 Å². The van der Waals surface area contributed by atoms with E-state index in [1.54, 1.807) is 15.9 Å². The third-order valence-electron chi connectivity index (χ3n) is 6.47. The number of anilines is 3. The smallest absolute Gasteiger partial charge is 0.414 e. The second-order valence-corrected chi connectivity index (χ2v) is 8.76. The molecule has 1 unspecified atom stereocenters. The number of carbonyl (C=O) groups excluding carboxylic acids is 3. The van der Waals surface area contributed by atoms with Crippen molar-refractivity contribution in [2.24, 2.45) is 5.73 Å². The normalized spacial score (nSPS) is 24.1. The highest BCUT2D eigenvalue weighted by molar-refractivity contribution is 6.02. The number of nitrogens with two attached hydrogens (primary N) is 1. The fourth-order valence-electron chi connectivity index (χ4n) is 4.46. The first kappa shape index (κ1) is 22.1. The number of amides is 3. The molecule has 4 N–H and O–H groups in total. The molecule has 2 atom stereocenters. The van der Waals surface area contributed by atoms with Gasteiger partial charge in [-0.25, -0.2) is 4.79 Å². The molecule has 0 bridgehead atoms. The monoisotopic (exact) mass is 461 g/mol. The molecule has 2 aromatic carbocycles. The molecule has 2 aliphatic heterocycles. The van der Waals surface area contributed by atoms with E-state index in [0.717, 1.165) is 12.0 Å². The predicted octanol–water partition coefficient (Wildman–Crippen LogP) is 2.09. The Hall–Kier alpha value is -3.69. The second-order valence-electron chi connectivity index (χ2n) is 8.76. The number of rotatable bonds is 6. The lowest BCUT2D eigenvalue weighted by Crippen LogP contribution is -2.56. The highest BCUT2D eigenvalue weighted by atomic mass is 16.6. The van der Waals surface area contributed by atoms with Gasteiger partial charge in [-0.05, 0) is 42.3 Å². The van der Waals surface area contributed by atoms with Crippen molar-refractivity contribution in [3.05, 3.63) is 66.2 Å². The molecule has 1 aliphatic carbocycles. The third kappa shape index (κ3) is 4.27. The van der Waals surface area contributed by atoms with Crippen molar-refractivity contribution in [3.8, 4) is 0 Å². The fourth-order valence-corrected chi connectivity index (χ4v) is 4.46. The Kier molecular flexibility index (Phi) is 5.80. The molecule has 9 heteroatoms. The molecule has 176 valence electrons. The van der Waals surface area contributed by atoms with Crippen LogP contribution < -0.4 is 26.2 Å². The zero-order valence-electron chi connectivity index (χ0n) is 18.7. The molecular formula is C25H27N5O4. The molecule has 2 fully saturated rings. The van der Waals surface area contributed by atoms with Crippen LogP contribution in [-0.2, 0) is 19.9 Å². The summed E-state index contributed by atoms with van der Waals surface area (Å²) in [6.07, 6.45) is 4.43. The summed E-state index contributed by atoms with van der Waals surface area (Å²) in [6.45, 7) is 1.85. The molecule has 0 spiro atoms. The number of cyclic esters (lactones) is 1. The van der Waals surface area contributed by atoms with Crippen LogP contribution in [0.15, 0.2) is 60.7 Å². The number of carbonyl (C=O) groups is 3. The number of benzene rings is 2. The van der Waals surface area contributed by atoms with Crippen LogP contribution in [0.1, 0.15) is 18.4 Å². The van der Waals surface area contributed by atoms with Gasteiger partial charge in [-0.2, -0.15) is 0 Å². The van der Waals surface area contributed by atoms with Gasteiger partial charge < -0.3 is 26.0 Å². The first-order chi connectivity index (χ1) is 16.4. The summed E-state index contributed by atoms with van der Waals surface area (Å²) in [7, 11) is 0. The Bertz CT molecular complexity index is 1150. The van der Waals surface area contributed by atoms with E-state index in [0.29, 0.717) is 43.3 Å². The van der Waals surface area contributed by atoms with Crippen LogP contribution in [0, 0.1) is 0 Å². The average molecular weight is 462 g/mol. The van der Waals surface area contributed by atoms with E-state index in [4.69, 9.17) is 10.5 Å². The van der Waals surface area contributed by atoms with Gasteiger partial charge in [0.1, 0.15) is 6.61 Å². The number of nitrogens with one attached hydrogen (secondary N) is 2. The van der Waals surface area contributed by atoms with Crippen LogP contribution in [0.25, 0.3) is 0 Å². The summed E-state index contributed by atoms with van der Waals surface area (Å²) in [5.74, 6) is -0.431. The molecule has 3 amide bonds. The minimum atomic E-state index is -0.638. The quantitative estimate of drug-likeness (QED) is 0.567. The largest absolute Gasteiger partial charge is 0.447 e. The van der Waals surface area contributed by atoms with Crippen molar-refractivity contribution < 1.29 is 19.1 Å². The van der Waals surface area contributed by atoms with E-state index in [1.807, 2.05) is 54.6 Å². The lowest BCUT2D eigenvalue weighted by Gasteiger charge is -2.33. The predicted molar refractivity (Wildman–Crippen MR) is 129 cm³/mol. The molecule has 2 saturated heterocycles. The standard InChI is InChI=1S/C25H27N5O4/c26-25(9-2-10-25)17-5-7-18(8-6-17)28-22(31)16-21-23(32)29(12-11-27-21)19-3-1-4-20(15-19)30-13-14-34-24(30)33/h1-9,15,21,27H,10-14,16,26H2,(H,28,31)/t21-,25?/m1/s1. The lowest BCUT2D eigenvalue weighted by molar-refractivity contribution is -0.125. The van der Waals surface area contributed by atoms with Gasteiger partial charge >= 0.3 is 6.09 Å². The van der Waals surface area contributed by atoms with Crippen molar-refractivity contribution >= 4 is 35.0 Å². The summed E-state index contributed by atoms with van der Waals surface area (Å²) in [5, 5.41) is 6.01. The Morgan fingerprint density at radius 2 is 1.85 bits per heavy atom. The van der Waals surface area contributed by atoms with Gasteiger partial charge in [0.2, 0.25) is 11.8 Å². The summed E-state index contributed by atoms with van der Waals surface area (Å²) < 4.78 is 5.01. The van der Waals surface area contributed by atoms with E-state index < -0.39 is 17.7 Å². The van der Waals surface area contributed by atoms with Gasteiger partial charge in [-0.15, -0.1) is 0 Å². The van der Waals surface area contributed by atoms with Crippen molar-refractivity contribution in [2.75, 3.05) is 41.4 Å². The maximum absolute atomic E-state index is 13.2. The number of nitrogens with zero attached hydrogens (tertiary/aromatic N) is 2. The van der Waals surface area contributed by atoms with Gasteiger partial charge in [-0.1, -0.05) is 30.4 Å². The first-order valence-electron chi connectivity index (χ1n) is 11.4. The Morgan fingerprint density at radius 1 is 1.12 bits per heavy atom. The number of hydrogen-bond donors (Lipinski definition) is 3. The summed E-state index contributed by atoms with van der Waals surface area (Å²) in [5.41, 5.74) is 8.88. The molecular weight excluding hydrogens is 434 g/mol. The minimum absolute atomic E-state index is 0.0127. The van der Waals surface area contributed by atoms with Crippen molar-refractivity contribution in [3.63, 3.8) is 0 Å². The maximum Gasteiger partial charge on any atom is 0.414 e. The van der Waals surface area contributed by atoms with Gasteiger partial charge in [0, 0.05) is 30.2 Å². The second kappa shape index (κ2) is 8.92. The van der Waals surface area contributed by atoms with E-state index >= 15 is 0 Å². The van der Waals surface area contributed by atoms with Crippen LogP contribution in [0.3, 0.4) is 0 Å². The molecule has 0 aromatic heterocycles. The molecule has 34 heavy (non-hydrogen) atoms. The minimum Gasteiger partial charge on any atom is -0.447 e. The average Bonchev–Trinajstić information content (AvgIpc) is 3.25. The van der Waals surface area contributed by atoms with E-state index in [-0.39, 0.29) is 18.2 Å². The molecule has 3 aliphatic rings. The summed E-state index contributed by atoms with van der Waals surface area (Å²) >= 11 is 0. The summed E-state index contributed by atoms with van der Waals surface area (Å²) in [4.78, 5) is 40.9. The van der Waals surface area contributed by atoms with Crippen molar-refractivity contribution in [2.45, 2.75) is 24.4 Å². The van der Waals surface area contributed by atoms with Crippen molar-refractivity contribution in [1.29, 1.82) is 0 Å². The summed E-state index contributed by atoms with van der Waals surface area (Å²) in [6, 6.07) is 14.1. The van der Waals surface area contributed by atoms with E-state index in [1.165, 1.54) is 0 Å². The fraction of sp³-hybridized carbons (Fsp3) is 0.320.